The monoisotopic (exact) mass is 181 g/mol. The van der Waals surface area contributed by atoms with Crippen molar-refractivity contribution in [2.75, 3.05) is 6.61 Å². The Kier molecular flexibility index (Phi) is 3.64. The molecule has 0 aliphatic rings. The van der Waals surface area contributed by atoms with E-state index in [1.165, 1.54) is 0 Å². The fraction of sp³-hybridized carbons (Fsp3) is 0.556. The molecule has 0 saturated heterocycles. The molecule has 4 heteroatoms. The molecule has 4 nitrogen and oxygen atoms in total. The largest absolute Gasteiger partial charge is 0.463 e. The van der Waals surface area contributed by atoms with Crippen LogP contribution in [0.15, 0.2) is 6.07 Å². The van der Waals surface area contributed by atoms with Crippen LogP contribution in [-0.2, 0) is 6.54 Å². The molecule has 2 N–H and O–H groups in total. The summed E-state index contributed by atoms with van der Waals surface area (Å²) in [6.07, 6.45) is 0.954. The predicted octanol–water partition coefficient (Wildman–Crippen LogP) is 1.03. The lowest BCUT2D eigenvalue weighted by atomic mass is 10.3. The Hall–Kier alpha value is -1.16. The van der Waals surface area contributed by atoms with Crippen LogP contribution in [-0.4, -0.2) is 16.6 Å². The van der Waals surface area contributed by atoms with Crippen LogP contribution in [0.5, 0.6) is 6.01 Å². The predicted molar refractivity (Wildman–Crippen MR) is 50.4 cm³/mol. The van der Waals surface area contributed by atoms with E-state index in [4.69, 9.17) is 10.5 Å². The smallest absolute Gasteiger partial charge is 0.316 e. The molecule has 0 aromatic carbocycles. The van der Waals surface area contributed by atoms with Crippen LogP contribution in [0.25, 0.3) is 0 Å². The third-order valence-corrected chi connectivity index (χ3v) is 1.53. The minimum absolute atomic E-state index is 0.422. The van der Waals surface area contributed by atoms with Crippen molar-refractivity contribution >= 4 is 0 Å². The van der Waals surface area contributed by atoms with Crippen molar-refractivity contribution < 1.29 is 4.74 Å². The number of rotatable bonds is 4. The SMILES string of the molecule is CCCOc1nc(C)cc(CN)n1. The number of aromatic nitrogens is 2. The zero-order valence-electron chi connectivity index (χ0n) is 8.08. The summed E-state index contributed by atoms with van der Waals surface area (Å²) in [6.45, 7) is 5.01. The van der Waals surface area contributed by atoms with Crippen molar-refractivity contribution in [2.24, 2.45) is 5.73 Å². The van der Waals surface area contributed by atoms with Gasteiger partial charge in [-0.05, 0) is 19.4 Å². The van der Waals surface area contributed by atoms with Gasteiger partial charge in [-0.3, -0.25) is 0 Å². The zero-order chi connectivity index (χ0) is 9.68. The lowest BCUT2D eigenvalue weighted by molar-refractivity contribution is 0.290. The van der Waals surface area contributed by atoms with Gasteiger partial charge in [-0.15, -0.1) is 0 Å². The van der Waals surface area contributed by atoms with E-state index >= 15 is 0 Å². The number of aryl methyl sites for hydroxylation is 1. The van der Waals surface area contributed by atoms with Gasteiger partial charge in [0.25, 0.3) is 0 Å². The van der Waals surface area contributed by atoms with Crippen molar-refractivity contribution in [3.8, 4) is 6.01 Å². The van der Waals surface area contributed by atoms with Gasteiger partial charge in [0, 0.05) is 12.2 Å². The van der Waals surface area contributed by atoms with Gasteiger partial charge in [0.2, 0.25) is 0 Å². The van der Waals surface area contributed by atoms with E-state index in [1.807, 2.05) is 19.9 Å². The van der Waals surface area contributed by atoms with Crippen LogP contribution in [0.1, 0.15) is 24.7 Å². The molecule has 0 atom stereocenters. The van der Waals surface area contributed by atoms with Gasteiger partial charge in [-0.2, -0.15) is 4.98 Å². The molecule has 1 aromatic rings. The van der Waals surface area contributed by atoms with E-state index in [-0.39, 0.29) is 0 Å². The maximum atomic E-state index is 5.47. The summed E-state index contributed by atoms with van der Waals surface area (Å²) in [5.41, 5.74) is 7.18. The molecule has 1 heterocycles. The summed E-state index contributed by atoms with van der Waals surface area (Å²) in [5.74, 6) is 0. The highest BCUT2D eigenvalue weighted by Crippen LogP contribution is 2.06. The quantitative estimate of drug-likeness (QED) is 0.753. The van der Waals surface area contributed by atoms with Crippen molar-refractivity contribution in [1.29, 1.82) is 0 Å². The fourth-order valence-electron chi connectivity index (χ4n) is 0.967. The van der Waals surface area contributed by atoms with Gasteiger partial charge in [0.05, 0.1) is 12.3 Å². The molecule has 13 heavy (non-hydrogen) atoms. The highest BCUT2D eigenvalue weighted by atomic mass is 16.5. The molecule has 0 radical (unpaired) electrons. The van der Waals surface area contributed by atoms with Crippen LogP contribution >= 0.6 is 0 Å². The fourth-order valence-corrected chi connectivity index (χ4v) is 0.967. The Labute approximate surface area is 78.1 Å². The second kappa shape index (κ2) is 4.77. The molecule has 0 saturated carbocycles. The summed E-state index contributed by atoms with van der Waals surface area (Å²) in [4.78, 5) is 8.26. The van der Waals surface area contributed by atoms with E-state index in [2.05, 4.69) is 9.97 Å². The van der Waals surface area contributed by atoms with Crippen molar-refractivity contribution in [3.63, 3.8) is 0 Å². The molecule has 1 rings (SSSR count). The van der Waals surface area contributed by atoms with E-state index in [9.17, 15) is 0 Å². The van der Waals surface area contributed by atoms with Crippen LogP contribution < -0.4 is 10.5 Å². The van der Waals surface area contributed by atoms with Crippen LogP contribution in [0, 0.1) is 6.92 Å². The number of nitrogens with zero attached hydrogens (tertiary/aromatic N) is 2. The second-order valence-corrected chi connectivity index (χ2v) is 2.84. The van der Waals surface area contributed by atoms with Crippen molar-refractivity contribution in [2.45, 2.75) is 26.8 Å². The van der Waals surface area contributed by atoms with Crippen LogP contribution in [0.4, 0.5) is 0 Å². The van der Waals surface area contributed by atoms with Gasteiger partial charge in [-0.1, -0.05) is 6.92 Å². The zero-order valence-corrected chi connectivity index (χ0v) is 8.08. The Morgan fingerprint density at radius 1 is 1.46 bits per heavy atom. The van der Waals surface area contributed by atoms with E-state index in [0.717, 1.165) is 17.8 Å². The number of nitrogens with two attached hydrogens (primary N) is 1. The summed E-state index contributed by atoms with van der Waals surface area (Å²) in [7, 11) is 0. The van der Waals surface area contributed by atoms with Gasteiger partial charge < -0.3 is 10.5 Å². The third-order valence-electron chi connectivity index (χ3n) is 1.53. The highest BCUT2D eigenvalue weighted by molar-refractivity contribution is 5.12. The molecule has 0 fully saturated rings. The maximum absolute atomic E-state index is 5.47. The summed E-state index contributed by atoms with van der Waals surface area (Å²) < 4.78 is 5.30. The summed E-state index contributed by atoms with van der Waals surface area (Å²) >= 11 is 0. The number of hydrogen-bond acceptors (Lipinski definition) is 4. The average Bonchev–Trinajstić information content (AvgIpc) is 2.14. The van der Waals surface area contributed by atoms with Gasteiger partial charge in [-0.25, -0.2) is 4.98 Å². The first kappa shape index (κ1) is 9.92. The lowest BCUT2D eigenvalue weighted by Crippen LogP contribution is -2.06. The van der Waals surface area contributed by atoms with Gasteiger partial charge >= 0.3 is 6.01 Å². The molecule has 0 bridgehead atoms. The van der Waals surface area contributed by atoms with Gasteiger partial charge in [0.15, 0.2) is 0 Å². The maximum Gasteiger partial charge on any atom is 0.316 e. The Morgan fingerprint density at radius 3 is 2.85 bits per heavy atom. The summed E-state index contributed by atoms with van der Waals surface area (Å²) in [6, 6.07) is 2.29. The Morgan fingerprint density at radius 2 is 2.23 bits per heavy atom. The minimum atomic E-state index is 0.422. The van der Waals surface area contributed by atoms with E-state index < -0.39 is 0 Å². The van der Waals surface area contributed by atoms with Crippen molar-refractivity contribution in [1.82, 2.24) is 9.97 Å². The molecule has 1 aromatic heterocycles. The molecular weight excluding hydrogens is 166 g/mol. The standard InChI is InChI=1S/C9H15N3O/c1-3-4-13-9-11-7(2)5-8(6-10)12-9/h5H,3-4,6,10H2,1-2H3. The number of hydrogen-bond donors (Lipinski definition) is 1. The minimum Gasteiger partial charge on any atom is -0.463 e. The average molecular weight is 181 g/mol. The second-order valence-electron chi connectivity index (χ2n) is 2.84. The van der Waals surface area contributed by atoms with E-state index in [1.54, 1.807) is 0 Å². The molecule has 72 valence electrons. The highest BCUT2D eigenvalue weighted by Gasteiger charge is 2.00. The molecule has 0 unspecified atom stereocenters. The van der Waals surface area contributed by atoms with Crippen molar-refractivity contribution in [3.05, 3.63) is 17.5 Å². The Bertz CT molecular complexity index is 276. The molecule has 0 aliphatic carbocycles. The molecule has 0 amide bonds. The number of ether oxygens (including phenoxy) is 1. The first-order valence-corrected chi connectivity index (χ1v) is 4.43. The summed E-state index contributed by atoms with van der Waals surface area (Å²) in [5, 5.41) is 0. The van der Waals surface area contributed by atoms with Crippen LogP contribution in [0.3, 0.4) is 0 Å². The third kappa shape index (κ3) is 2.99. The lowest BCUT2D eigenvalue weighted by Gasteiger charge is -2.04. The first-order valence-electron chi connectivity index (χ1n) is 4.43. The topological polar surface area (TPSA) is 61.0 Å². The molecule has 0 aliphatic heterocycles. The van der Waals surface area contributed by atoms with Gasteiger partial charge in [0.1, 0.15) is 0 Å². The molecular formula is C9H15N3O. The normalized spacial score (nSPS) is 10.1. The molecule has 0 spiro atoms. The van der Waals surface area contributed by atoms with E-state index in [0.29, 0.717) is 19.2 Å². The Balaban J connectivity index is 2.76. The van der Waals surface area contributed by atoms with Crippen LogP contribution in [0.2, 0.25) is 0 Å². The first-order chi connectivity index (χ1) is 6.26.